The molecule has 0 saturated carbocycles. The van der Waals surface area contributed by atoms with Gasteiger partial charge in [0, 0.05) is 11.3 Å². The molecule has 1 aliphatic heterocycles. The zero-order valence-corrected chi connectivity index (χ0v) is 11.8. The lowest BCUT2D eigenvalue weighted by molar-refractivity contribution is 0.0949. The molecular weight excluding hydrogens is 270 g/mol. The topological polar surface area (TPSA) is 49.3 Å². The monoisotopic (exact) mass is 285 g/mol. The summed E-state index contributed by atoms with van der Waals surface area (Å²) in [5.41, 5.74) is 0.322. The number of phenols is 1. The largest absolute Gasteiger partial charge is 0.508 e. The normalized spacial score (nSPS) is 23.0. The Morgan fingerprint density at radius 1 is 1.61 bits per heavy atom. The predicted molar refractivity (Wildman–Crippen MR) is 75.5 cm³/mol. The summed E-state index contributed by atoms with van der Waals surface area (Å²) in [4.78, 5) is 12.0. The molecule has 1 fully saturated rings. The third-order valence-electron chi connectivity index (χ3n) is 3.12. The number of phenolic OH excluding ortho intramolecular Hbond substituents is 1. The first kappa shape index (κ1) is 13.6. The SMILES string of the molecule is CC1(CNC(=O)c2cc(O)ccc2Cl)CCCS1. The molecule has 0 spiro atoms. The lowest BCUT2D eigenvalue weighted by Crippen LogP contribution is -2.36. The fourth-order valence-corrected chi connectivity index (χ4v) is 3.47. The van der Waals surface area contributed by atoms with E-state index >= 15 is 0 Å². The van der Waals surface area contributed by atoms with Gasteiger partial charge in [0.25, 0.3) is 5.91 Å². The first-order valence-electron chi connectivity index (χ1n) is 5.91. The van der Waals surface area contributed by atoms with Crippen molar-refractivity contribution in [1.29, 1.82) is 0 Å². The molecule has 0 aromatic heterocycles. The summed E-state index contributed by atoms with van der Waals surface area (Å²) < 4.78 is 0.124. The van der Waals surface area contributed by atoms with Gasteiger partial charge in [0.2, 0.25) is 0 Å². The van der Waals surface area contributed by atoms with Gasteiger partial charge in [-0.15, -0.1) is 0 Å². The Bertz CT molecular complexity index is 458. The molecule has 1 saturated heterocycles. The van der Waals surface area contributed by atoms with Gasteiger partial charge in [-0.05, 0) is 43.7 Å². The van der Waals surface area contributed by atoms with E-state index in [-0.39, 0.29) is 16.4 Å². The van der Waals surface area contributed by atoms with Crippen LogP contribution in [0, 0.1) is 0 Å². The van der Waals surface area contributed by atoms with Crippen LogP contribution in [0.2, 0.25) is 5.02 Å². The number of carbonyl (C=O) groups excluding carboxylic acids is 1. The highest BCUT2D eigenvalue weighted by Gasteiger charge is 2.30. The Labute approximate surface area is 116 Å². The van der Waals surface area contributed by atoms with Crippen LogP contribution < -0.4 is 5.32 Å². The quantitative estimate of drug-likeness (QED) is 0.897. The molecule has 1 unspecified atom stereocenters. The molecule has 1 amide bonds. The molecule has 0 radical (unpaired) electrons. The number of hydrogen-bond donors (Lipinski definition) is 2. The zero-order valence-electron chi connectivity index (χ0n) is 10.2. The summed E-state index contributed by atoms with van der Waals surface area (Å²) in [5.74, 6) is 0.967. The minimum atomic E-state index is -0.232. The Morgan fingerprint density at radius 3 is 3.06 bits per heavy atom. The Hall–Kier alpha value is -0.870. The van der Waals surface area contributed by atoms with E-state index in [2.05, 4.69) is 12.2 Å². The van der Waals surface area contributed by atoms with Crippen molar-refractivity contribution in [3.8, 4) is 5.75 Å². The molecule has 98 valence electrons. The maximum Gasteiger partial charge on any atom is 0.252 e. The van der Waals surface area contributed by atoms with Crippen LogP contribution in [0.25, 0.3) is 0 Å². The number of nitrogens with one attached hydrogen (secondary N) is 1. The molecule has 1 aromatic carbocycles. The van der Waals surface area contributed by atoms with E-state index in [0.717, 1.165) is 12.2 Å². The van der Waals surface area contributed by atoms with E-state index in [1.165, 1.54) is 24.6 Å². The molecule has 1 aromatic rings. The van der Waals surface area contributed by atoms with Crippen molar-refractivity contribution >= 4 is 29.3 Å². The van der Waals surface area contributed by atoms with Gasteiger partial charge in [-0.2, -0.15) is 11.8 Å². The van der Waals surface area contributed by atoms with Crippen LogP contribution in [0.3, 0.4) is 0 Å². The van der Waals surface area contributed by atoms with Crippen molar-refractivity contribution in [2.45, 2.75) is 24.5 Å². The standard InChI is InChI=1S/C13H16ClNO2S/c1-13(5-2-6-18-13)8-15-12(17)10-7-9(16)3-4-11(10)14/h3-4,7,16H,2,5-6,8H2,1H3,(H,15,17). The summed E-state index contributed by atoms with van der Waals surface area (Å²) in [6, 6.07) is 4.38. The highest BCUT2D eigenvalue weighted by molar-refractivity contribution is 8.00. The summed E-state index contributed by atoms with van der Waals surface area (Å²) in [5, 5.41) is 12.6. The highest BCUT2D eigenvalue weighted by Crippen LogP contribution is 2.37. The van der Waals surface area contributed by atoms with Crippen LogP contribution in [0.5, 0.6) is 5.75 Å². The molecule has 5 heteroatoms. The number of amides is 1. The van der Waals surface area contributed by atoms with E-state index in [1.54, 1.807) is 0 Å². The molecule has 1 atom stereocenters. The molecule has 18 heavy (non-hydrogen) atoms. The Morgan fingerprint density at radius 2 is 2.39 bits per heavy atom. The predicted octanol–water partition coefficient (Wildman–Crippen LogP) is 3.06. The van der Waals surface area contributed by atoms with Gasteiger partial charge in [-0.25, -0.2) is 0 Å². The van der Waals surface area contributed by atoms with E-state index in [4.69, 9.17) is 11.6 Å². The minimum Gasteiger partial charge on any atom is -0.508 e. The number of benzene rings is 1. The average molecular weight is 286 g/mol. The molecule has 1 aliphatic rings. The molecule has 1 heterocycles. The fourth-order valence-electron chi connectivity index (χ4n) is 2.03. The van der Waals surface area contributed by atoms with Gasteiger partial charge < -0.3 is 10.4 Å². The molecule has 2 N–H and O–H groups in total. The van der Waals surface area contributed by atoms with Crippen molar-refractivity contribution in [2.24, 2.45) is 0 Å². The van der Waals surface area contributed by atoms with Crippen LogP contribution in [0.4, 0.5) is 0 Å². The second-order valence-electron chi connectivity index (χ2n) is 4.75. The van der Waals surface area contributed by atoms with Gasteiger partial charge in [-0.3, -0.25) is 4.79 Å². The summed E-state index contributed by atoms with van der Waals surface area (Å²) in [7, 11) is 0. The van der Waals surface area contributed by atoms with Gasteiger partial charge in [0.15, 0.2) is 0 Å². The molecule has 0 bridgehead atoms. The number of hydrogen-bond acceptors (Lipinski definition) is 3. The summed E-state index contributed by atoms with van der Waals surface area (Å²) >= 11 is 7.84. The number of halogens is 1. The third-order valence-corrected chi connectivity index (χ3v) is 4.99. The van der Waals surface area contributed by atoms with E-state index in [0.29, 0.717) is 17.1 Å². The number of rotatable bonds is 3. The Balaban J connectivity index is 2.01. The van der Waals surface area contributed by atoms with Gasteiger partial charge >= 0.3 is 0 Å². The maximum atomic E-state index is 12.0. The smallest absolute Gasteiger partial charge is 0.252 e. The third kappa shape index (κ3) is 3.12. The molecule has 3 nitrogen and oxygen atoms in total. The number of thioether (sulfide) groups is 1. The number of carbonyl (C=O) groups is 1. The van der Waals surface area contributed by atoms with Crippen molar-refractivity contribution in [3.63, 3.8) is 0 Å². The van der Waals surface area contributed by atoms with E-state index in [9.17, 15) is 9.90 Å². The summed E-state index contributed by atoms with van der Waals surface area (Å²) in [6.07, 6.45) is 2.32. The molecule has 0 aliphatic carbocycles. The second kappa shape index (κ2) is 5.41. The number of aromatic hydroxyl groups is 1. The van der Waals surface area contributed by atoms with Crippen LogP contribution >= 0.6 is 23.4 Å². The minimum absolute atomic E-state index is 0.0472. The van der Waals surface area contributed by atoms with Crippen molar-refractivity contribution in [1.82, 2.24) is 5.32 Å². The first-order valence-corrected chi connectivity index (χ1v) is 7.27. The van der Waals surface area contributed by atoms with Crippen molar-refractivity contribution in [2.75, 3.05) is 12.3 Å². The second-order valence-corrected chi connectivity index (χ2v) is 6.84. The van der Waals surface area contributed by atoms with Crippen LogP contribution in [0.15, 0.2) is 18.2 Å². The highest BCUT2D eigenvalue weighted by atomic mass is 35.5. The van der Waals surface area contributed by atoms with Gasteiger partial charge in [0.1, 0.15) is 5.75 Å². The van der Waals surface area contributed by atoms with Crippen LogP contribution in [-0.2, 0) is 0 Å². The van der Waals surface area contributed by atoms with Crippen molar-refractivity contribution in [3.05, 3.63) is 28.8 Å². The van der Waals surface area contributed by atoms with Crippen molar-refractivity contribution < 1.29 is 9.90 Å². The molecular formula is C13H16ClNO2S. The van der Waals surface area contributed by atoms with Gasteiger partial charge in [0.05, 0.1) is 10.6 Å². The Kier molecular flexibility index (Phi) is 4.07. The average Bonchev–Trinajstić information content (AvgIpc) is 2.77. The zero-order chi connectivity index (χ0) is 13.2. The van der Waals surface area contributed by atoms with Crippen LogP contribution in [-0.4, -0.2) is 28.1 Å². The summed E-state index contributed by atoms with van der Waals surface area (Å²) in [6.45, 7) is 2.79. The van der Waals surface area contributed by atoms with Crippen LogP contribution in [0.1, 0.15) is 30.1 Å². The van der Waals surface area contributed by atoms with Gasteiger partial charge in [-0.1, -0.05) is 11.6 Å². The maximum absolute atomic E-state index is 12.0. The molecule has 2 rings (SSSR count). The lowest BCUT2D eigenvalue weighted by atomic mass is 10.1. The first-order chi connectivity index (χ1) is 8.50. The van der Waals surface area contributed by atoms with E-state index in [1.807, 2.05) is 11.8 Å². The fraction of sp³-hybridized carbons (Fsp3) is 0.462. The van der Waals surface area contributed by atoms with E-state index < -0.39 is 0 Å². The lowest BCUT2D eigenvalue weighted by Gasteiger charge is -2.23.